The zero-order chi connectivity index (χ0) is 13.2. The SMILES string of the molecule is CC1CCCCC1(CN)NS(=O)(=O)CCC1CC1.Cl. The van der Waals surface area contributed by atoms with Crippen molar-refractivity contribution in [1.29, 1.82) is 0 Å². The Morgan fingerprint density at radius 1 is 1.26 bits per heavy atom. The van der Waals surface area contributed by atoms with Crippen molar-refractivity contribution in [3.8, 4) is 0 Å². The number of nitrogens with two attached hydrogens (primary N) is 1. The monoisotopic (exact) mass is 310 g/mol. The summed E-state index contributed by atoms with van der Waals surface area (Å²) in [7, 11) is -3.17. The van der Waals surface area contributed by atoms with E-state index in [2.05, 4.69) is 11.6 Å². The molecule has 2 rings (SSSR count). The smallest absolute Gasteiger partial charge is 0.212 e. The normalized spacial score (nSPS) is 31.8. The third kappa shape index (κ3) is 4.59. The molecule has 0 radical (unpaired) electrons. The second-order valence-corrected chi connectivity index (χ2v) is 8.00. The third-order valence-electron chi connectivity index (χ3n) is 4.67. The molecule has 0 aromatic heterocycles. The van der Waals surface area contributed by atoms with E-state index in [0.717, 1.165) is 25.7 Å². The molecule has 0 aromatic rings. The maximum atomic E-state index is 12.2. The van der Waals surface area contributed by atoms with E-state index in [4.69, 9.17) is 5.73 Å². The molecule has 2 saturated carbocycles. The molecule has 2 unspecified atom stereocenters. The summed E-state index contributed by atoms with van der Waals surface area (Å²) in [6, 6.07) is 0. The van der Waals surface area contributed by atoms with Crippen LogP contribution in [0, 0.1) is 11.8 Å². The van der Waals surface area contributed by atoms with E-state index in [1.54, 1.807) is 0 Å². The number of rotatable bonds is 6. The van der Waals surface area contributed by atoms with Crippen molar-refractivity contribution in [3.63, 3.8) is 0 Å². The summed E-state index contributed by atoms with van der Waals surface area (Å²) in [6.45, 7) is 2.53. The maximum Gasteiger partial charge on any atom is 0.212 e. The van der Waals surface area contributed by atoms with Crippen molar-refractivity contribution in [1.82, 2.24) is 4.72 Å². The number of hydrogen-bond donors (Lipinski definition) is 2. The van der Waals surface area contributed by atoms with Crippen molar-refractivity contribution < 1.29 is 8.42 Å². The average Bonchev–Trinajstić information content (AvgIpc) is 3.14. The van der Waals surface area contributed by atoms with E-state index in [1.807, 2.05) is 0 Å². The third-order valence-corrected chi connectivity index (χ3v) is 6.16. The molecule has 3 N–H and O–H groups in total. The molecule has 2 aliphatic rings. The fourth-order valence-corrected chi connectivity index (χ4v) is 4.75. The minimum absolute atomic E-state index is 0. The van der Waals surface area contributed by atoms with Gasteiger partial charge in [0, 0.05) is 12.1 Å². The minimum atomic E-state index is -3.17. The molecule has 0 amide bonds. The summed E-state index contributed by atoms with van der Waals surface area (Å²) >= 11 is 0. The predicted molar refractivity (Wildman–Crippen MR) is 80.9 cm³/mol. The van der Waals surface area contributed by atoms with Gasteiger partial charge in [0.15, 0.2) is 0 Å². The van der Waals surface area contributed by atoms with E-state index in [1.165, 1.54) is 19.3 Å². The van der Waals surface area contributed by atoms with E-state index < -0.39 is 10.0 Å². The number of halogens is 1. The van der Waals surface area contributed by atoms with Crippen LogP contribution in [0.25, 0.3) is 0 Å². The molecule has 0 aliphatic heterocycles. The highest BCUT2D eigenvalue weighted by atomic mass is 35.5. The summed E-state index contributed by atoms with van der Waals surface area (Å²) in [5.74, 6) is 1.26. The molecule has 2 aliphatic carbocycles. The van der Waals surface area contributed by atoms with Gasteiger partial charge >= 0.3 is 0 Å². The molecule has 0 saturated heterocycles. The molecule has 2 fully saturated rings. The zero-order valence-corrected chi connectivity index (χ0v) is 13.4. The Kier molecular flexibility index (Phi) is 6.11. The largest absolute Gasteiger partial charge is 0.329 e. The Morgan fingerprint density at radius 2 is 1.95 bits per heavy atom. The first-order chi connectivity index (χ1) is 8.47. The lowest BCUT2D eigenvalue weighted by atomic mass is 9.74. The number of nitrogens with one attached hydrogen (secondary N) is 1. The molecule has 2 atom stereocenters. The van der Waals surface area contributed by atoms with Crippen LogP contribution in [0.4, 0.5) is 0 Å². The van der Waals surface area contributed by atoms with Crippen molar-refractivity contribution in [2.24, 2.45) is 17.6 Å². The van der Waals surface area contributed by atoms with Crippen LogP contribution in [0.3, 0.4) is 0 Å². The topological polar surface area (TPSA) is 72.2 Å². The Balaban J connectivity index is 0.00000180. The lowest BCUT2D eigenvalue weighted by Crippen LogP contribution is -2.59. The van der Waals surface area contributed by atoms with E-state index in [0.29, 0.717) is 18.4 Å². The van der Waals surface area contributed by atoms with Gasteiger partial charge in [-0.25, -0.2) is 13.1 Å². The van der Waals surface area contributed by atoms with Crippen molar-refractivity contribution in [2.75, 3.05) is 12.3 Å². The second-order valence-electron chi connectivity index (χ2n) is 6.16. The van der Waals surface area contributed by atoms with Crippen LogP contribution in [-0.4, -0.2) is 26.3 Å². The predicted octanol–water partition coefficient (Wildman–Crippen LogP) is 2.04. The first-order valence-corrected chi connectivity index (χ1v) is 8.84. The second kappa shape index (κ2) is 6.74. The summed E-state index contributed by atoms with van der Waals surface area (Å²) < 4.78 is 27.3. The quantitative estimate of drug-likeness (QED) is 0.788. The molecule has 0 aromatic carbocycles. The lowest BCUT2D eigenvalue weighted by Gasteiger charge is -2.42. The minimum Gasteiger partial charge on any atom is -0.329 e. The Hall–Kier alpha value is 0.160. The first kappa shape index (κ1) is 17.2. The molecule has 0 bridgehead atoms. The van der Waals surface area contributed by atoms with Gasteiger partial charge in [-0.05, 0) is 31.1 Å². The van der Waals surface area contributed by atoms with Gasteiger partial charge in [0.25, 0.3) is 0 Å². The van der Waals surface area contributed by atoms with Gasteiger partial charge in [0.2, 0.25) is 10.0 Å². The van der Waals surface area contributed by atoms with Crippen LogP contribution in [0.15, 0.2) is 0 Å². The molecule has 0 spiro atoms. The zero-order valence-electron chi connectivity index (χ0n) is 11.7. The van der Waals surface area contributed by atoms with Crippen LogP contribution in [-0.2, 0) is 10.0 Å². The van der Waals surface area contributed by atoms with Crippen LogP contribution >= 0.6 is 12.4 Å². The summed E-state index contributed by atoms with van der Waals surface area (Å²) in [5, 5.41) is 0. The van der Waals surface area contributed by atoms with Crippen LogP contribution in [0.1, 0.15) is 51.9 Å². The fraction of sp³-hybridized carbons (Fsp3) is 1.00. The van der Waals surface area contributed by atoms with Crippen molar-refractivity contribution >= 4 is 22.4 Å². The van der Waals surface area contributed by atoms with Gasteiger partial charge in [-0.3, -0.25) is 0 Å². The standard InChI is InChI=1S/C13H26N2O2S.ClH/c1-11-4-2-3-8-13(11,10-14)15-18(16,17)9-7-12-5-6-12;/h11-12,15H,2-10,14H2,1H3;1H. The summed E-state index contributed by atoms with van der Waals surface area (Å²) in [4.78, 5) is 0. The summed E-state index contributed by atoms with van der Waals surface area (Å²) in [6.07, 6.45) is 7.43. The molecular formula is C13H27ClN2O2S. The maximum absolute atomic E-state index is 12.2. The molecule has 6 heteroatoms. The van der Waals surface area contributed by atoms with Crippen LogP contribution < -0.4 is 10.5 Å². The van der Waals surface area contributed by atoms with Gasteiger partial charge in [0.1, 0.15) is 0 Å². The molecule has 4 nitrogen and oxygen atoms in total. The lowest BCUT2D eigenvalue weighted by molar-refractivity contribution is 0.191. The van der Waals surface area contributed by atoms with Gasteiger partial charge < -0.3 is 5.73 Å². The Morgan fingerprint density at radius 3 is 2.47 bits per heavy atom. The molecule has 0 heterocycles. The summed E-state index contributed by atoms with van der Waals surface area (Å²) in [5.41, 5.74) is 5.49. The van der Waals surface area contributed by atoms with E-state index >= 15 is 0 Å². The van der Waals surface area contributed by atoms with Crippen molar-refractivity contribution in [3.05, 3.63) is 0 Å². The fourth-order valence-electron chi connectivity index (χ4n) is 3.00. The highest BCUT2D eigenvalue weighted by Gasteiger charge is 2.40. The highest BCUT2D eigenvalue weighted by molar-refractivity contribution is 7.89. The Labute approximate surface area is 123 Å². The van der Waals surface area contributed by atoms with Gasteiger partial charge in [-0.2, -0.15) is 0 Å². The average molecular weight is 311 g/mol. The molecule has 114 valence electrons. The Bertz CT molecular complexity index is 384. The first-order valence-electron chi connectivity index (χ1n) is 7.19. The number of hydrogen-bond acceptors (Lipinski definition) is 3. The van der Waals surface area contributed by atoms with Gasteiger partial charge in [-0.1, -0.05) is 32.6 Å². The molecular weight excluding hydrogens is 284 g/mol. The van der Waals surface area contributed by atoms with Crippen LogP contribution in [0.5, 0.6) is 0 Å². The molecule has 19 heavy (non-hydrogen) atoms. The van der Waals surface area contributed by atoms with Gasteiger partial charge in [0.05, 0.1) is 5.75 Å². The van der Waals surface area contributed by atoms with E-state index in [9.17, 15) is 8.42 Å². The van der Waals surface area contributed by atoms with Gasteiger partial charge in [-0.15, -0.1) is 12.4 Å². The highest BCUT2D eigenvalue weighted by Crippen LogP contribution is 2.35. The van der Waals surface area contributed by atoms with Crippen molar-refractivity contribution in [2.45, 2.75) is 57.4 Å². The van der Waals surface area contributed by atoms with E-state index in [-0.39, 0.29) is 23.7 Å². The van der Waals surface area contributed by atoms with Crippen LogP contribution in [0.2, 0.25) is 0 Å². The number of sulfonamides is 1.